The van der Waals surface area contributed by atoms with Crippen LogP contribution in [0.4, 0.5) is 5.82 Å². The van der Waals surface area contributed by atoms with Crippen molar-refractivity contribution in [1.82, 2.24) is 15.0 Å². The number of methoxy groups -OCH3 is 2. The molecule has 9 nitrogen and oxygen atoms in total. The molecule has 3 aromatic rings. The highest BCUT2D eigenvalue weighted by atomic mass is 16.5. The molecule has 32 heavy (non-hydrogen) atoms. The van der Waals surface area contributed by atoms with Gasteiger partial charge < -0.3 is 23.8 Å². The maximum absolute atomic E-state index is 13.1. The Bertz CT molecular complexity index is 1150. The molecule has 0 radical (unpaired) electrons. The van der Waals surface area contributed by atoms with Gasteiger partial charge in [-0.3, -0.25) is 4.79 Å². The highest BCUT2D eigenvalue weighted by molar-refractivity contribution is 5.93. The van der Waals surface area contributed by atoms with Gasteiger partial charge in [-0.1, -0.05) is 5.16 Å². The molecule has 0 unspecified atom stereocenters. The second-order valence-electron chi connectivity index (χ2n) is 7.26. The van der Waals surface area contributed by atoms with Gasteiger partial charge in [0.25, 0.3) is 5.91 Å². The topological polar surface area (TPSA) is 105 Å². The van der Waals surface area contributed by atoms with Gasteiger partial charge in [-0.05, 0) is 36.8 Å². The van der Waals surface area contributed by atoms with Crippen LogP contribution in [0.25, 0.3) is 11.3 Å². The molecule has 0 saturated carbocycles. The zero-order chi connectivity index (χ0) is 22.5. The average Bonchev–Trinajstić information content (AvgIpc) is 3.21. The summed E-state index contributed by atoms with van der Waals surface area (Å²) in [6, 6.07) is 12.6. The molecule has 0 aliphatic carbocycles. The second kappa shape index (κ2) is 9.39. The van der Waals surface area contributed by atoms with E-state index >= 15 is 0 Å². The zero-order valence-electron chi connectivity index (χ0n) is 17.9. The largest absolute Gasteiger partial charge is 0.497 e. The number of amides is 1. The van der Waals surface area contributed by atoms with Gasteiger partial charge in [0.1, 0.15) is 23.4 Å². The molecule has 1 saturated heterocycles. The number of nitriles is 1. The van der Waals surface area contributed by atoms with Crippen molar-refractivity contribution in [1.29, 1.82) is 5.26 Å². The summed E-state index contributed by atoms with van der Waals surface area (Å²) >= 11 is 0. The molecule has 4 rings (SSSR count). The normalized spacial score (nSPS) is 13.9. The van der Waals surface area contributed by atoms with Gasteiger partial charge in [-0.25, -0.2) is 4.98 Å². The van der Waals surface area contributed by atoms with Crippen molar-refractivity contribution in [3.63, 3.8) is 0 Å². The lowest BCUT2D eigenvalue weighted by molar-refractivity contribution is 0.0756. The number of hydrogen-bond donors (Lipinski definition) is 0. The molecule has 2 aromatic heterocycles. The molecule has 0 bridgehead atoms. The van der Waals surface area contributed by atoms with Crippen LogP contribution in [0.2, 0.25) is 0 Å². The lowest BCUT2D eigenvalue weighted by atomic mass is 10.1. The molecule has 0 N–H and O–H groups in total. The lowest BCUT2D eigenvalue weighted by Crippen LogP contribution is -2.35. The minimum atomic E-state index is -0.203. The molecule has 3 heterocycles. The van der Waals surface area contributed by atoms with E-state index < -0.39 is 0 Å². The third-order valence-electron chi connectivity index (χ3n) is 5.39. The summed E-state index contributed by atoms with van der Waals surface area (Å²) in [5.41, 5.74) is 1.41. The number of aromatic nitrogens is 2. The van der Waals surface area contributed by atoms with E-state index in [9.17, 15) is 10.1 Å². The number of carbonyl (C=O) groups excluding carboxylic acids is 1. The Kier molecular flexibility index (Phi) is 6.22. The lowest BCUT2D eigenvalue weighted by Gasteiger charge is -2.23. The van der Waals surface area contributed by atoms with Crippen LogP contribution in [0.3, 0.4) is 0 Å². The number of ether oxygens (including phenoxy) is 2. The van der Waals surface area contributed by atoms with Crippen molar-refractivity contribution in [2.24, 2.45) is 0 Å². The molecule has 1 aromatic carbocycles. The van der Waals surface area contributed by atoms with E-state index in [1.165, 1.54) is 0 Å². The number of pyridine rings is 1. The first-order valence-electron chi connectivity index (χ1n) is 10.2. The summed E-state index contributed by atoms with van der Waals surface area (Å²) in [6.45, 7) is 2.35. The molecule has 1 fully saturated rings. The van der Waals surface area contributed by atoms with Crippen molar-refractivity contribution in [2.75, 3.05) is 45.3 Å². The highest BCUT2D eigenvalue weighted by Gasteiger charge is 2.25. The summed E-state index contributed by atoms with van der Waals surface area (Å²) in [6.07, 6.45) is 2.43. The van der Waals surface area contributed by atoms with Gasteiger partial charge in [0.05, 0.1) is 25.3 Å². The Morgan fingerprint density at radius 2 is 2.00 bits per heavy atom. The third kappa shape index (κ3) is 4.21. The second-order valence-corrected chi connectivity index (χ2v) is 7.26. The Morgan fingerprint density at radius 1 is 1.12 bits per heavy atom. The number of rotatable bonds is 5. The van der Waals surface area contributed by atoms with Gasteiger partial charge in [0, 0.05) is 38.4 Å². The Labute approximate surface area is 185 Å². The smallest absolute Gasteiger partial charge is 0.276 e. The van der Waals surface area contributed by atoms with Crippen molar-refractivity contribution in [2.45, 2.75) is 6.42 Å². The predicted molar refractivity (Wildman–Crippen MR) is 117 cm³/mol. The number of benzene rings is 1. The van der Waals surface area contributed by atoms with E-state index in [1.807, 2.05) is 4.90 Å². The minimum Gasteiger partial charge on any atom is -0.497 e. The summed E-state index contributed by atoms with van der Waals surface area (Å²) in [5.74, 6) is 2.11. The van der Waals surface area contributed by atoms with Crippen molar-refractivity contribution in [3.8, 4) is 28.9 Å². The first-order chi connectivity index (χ1) is 15.6. The first-order valence-corrected chi connectivity index (χ1v) is 10.2. The van der Waals surface area contributed by atoms with E-state index in [4.69, 9.17) is 14.0 Å². The summed E-state index contributed by atoms with van der Waals surface area (Å²) < 4.78 is 16.1. The van der Waals surface area contributed by atoms with E-state index in [0.29, 0.717) is 60.4 Å². The molecule has 0 spiro atoms. The van der Waals surface area contributed by atoms with E-state index in [2.05, 4.69) is 16.2 Å². The molecular formula is C23H23N5O4. The Balaban J connectivity index is 1.50. The van der Waals surface area contributed by atoms with Gasteiger partial charge in [0.15, 0.2) is 11.5 Å². The molecule has 164 valence electrons. The number of hydrogen-bond acceptors (Lipinski definition) is 8. The van der Waals surface area contributed by atoms with Crippen LogP contribution in [-0.4, -0.2) is 61.3 Å². The average molecular weight is 433 g/mol. The van der Waals surface area contributed by atoms with E-state index in [-0.39, 0.29) is 11.6 Å². The molecule has 1 aliphatic rings. The molecular weight excluding hydrogens is 410 g/mol. The van der Waals surface area contributed by atoms with Gasteiger partial charge >= 0.3 is 0 Å². The van der Waals surface area contributed by atoms with Crippen molar-refractivity contribution >= 4 is 11.7 Å². The van der Waals surface area contributed by atoms with Crippen LogP contribution >= 0.6 is 0 Å². The zero-order valence-corrected chi connectivity index (χ0v) is 17.9. The highest BCUT2D eigenvalue weighted by Crippen LogP contribution is 2.34. The first kappa shape index (κ1) is 21.2. The maximum atomic E-state index is 13.1. The quantitative estimate of drug-likeness (QED) is 0.605. The van der Waals surface area contributed by atoms with Crippen LogP contribution in [-0.2, 0) is 0 Å². The molecule has 0 atom stereocenters. The van der Waals surface area contributed by atoms with Crippen LogP contribution in [0, 0.1) is 11.3 Å². The van der Waals surface area contributed by atoms with Crippen LogP contribution in [0.5, 0.6) is 11.5 Å². The predicted octanol–water partition coefficient (Wildman–Crippen LogP) is 2.98. The molecule has 9 heteroatoms. The summed E-state index contributed by atoms with van der Waals surface area (Å²) in [7, 11) is 3.14. The number of nitrogens with zero attached hydrogens (tertiary/aromatic N) is 5. The Hall–Kier alpha value is -4.06. The molecule has 1 amide bonds. The van der Waals surface area contributed by atoms with Gasteiger partial charge in [-0.15, -0.1) is 0 Å². The minimum absolute atomic E-state index is 0.203. The van der Waals surface area contributed by atoms with Crippen LogP contribution in [0.1, 0.15) is 22.5 Å². The summed E-state index contributed by atoms with van der Waals surface area (Å²) in [4.78, 5) is 21.3. The Morgan fingerprint density at radius 3 is 2.78 bits per heavy atom. The number of anilines is 1. The fourth-order valence-corrected chi connectivity index (χ4v) is 3.74. The maximum Gasteiger partial charge on any atom is 0.276 e. The van der Waals surface area contributed by atoms with E-state index in [0.717, 1.165) is 6.42 Å². The van der Waals surface area contributed by atoms with Gasteiger partial charge in [0.2, 0.25) is 0 Å². The van der Waals surface area contributed by atoms with Crippen molar-refractivity contribution < 1.29 is 18.8 Å². The SMILES string of the molecule is COc1ccc(OC)c(-c2cc(C(=O)N3CCCN(c4ncccc4C#N)CC3)no2)c1. The fourth-order valence-electron chi connectivity index (χ4n) is 3.74. The standard InChI is InChI=1S/C23H23N5O4/c1-30-17-6-7-20(31-2)18(13-17)21-14-19(26-32-21)23(29)28-10-4-9-27(11-12-28)22-16(15-24)5-3-8-25-22/h3,5-8,13-14H,4,9-12H2,1-2H3. The van der Waals surface area contributed by atoms with E-state index in [1.54, 1.807) is 61.7 Å². The third-order valence-corrected chi connectivity index (χ3v) is 5.39. The monoisotopic (exact) mass is 433 g/mol. The van der Waals surface area contributed by atoms with Crippen LogP contribution < -0.4 is 14.4 Å². The van der Waals surface area contributed by atoms with Crippen molar-refractivity contribution in [3.05, 3.63) is 53.9 Å². The number of carbonyl (C=O) groups is 1. The summed E-state index contributed by atoms with van der Waals surface area (Å²) in [5, 5.41) is 13.4. The molecule has 1 aliphatic heterocycles. The fraction of sp³-hybridized carbons (Fsp3) is 0.304. The van der Waals surface area contributed by atoms with Crippen LogP contribution in [0.15, 0.2) is 47.1 Å². The van der Waals surface area contributed by atoms with Gasteiger partial charge in [-0.2, -0.15) is 5.26 Å².